The highest BCUT2D eigenvalue weighted by Crippen LogP contribution is 2.08. The fourth-order valence-electron chi connectivity index (χ4n) is 1.75. The van der Waals surface area contributed by atoms with Crippen LogP contribution in [-0.4, -0.2) is 22.6 Å². The molecule has 0 unspecified atom stereocenters. The van der Waals surface area contributed by atoms with E-state index in [1.54, 1.807) is 42.6 Å². The van der Waals surface area contributed by atoms with Crippen LogP contribution >= 0.6 is 0 Å². The van der Waals surface area contributed by atoms with Crippen molar-refractivity contribution < 1.29 is 9.90 Å². The van der Waals surface area contributed by atoms with Gasteiger partial charge in [-0.15, -0.1) is 0 Å². The summed E-state index contributed by atoms with van der Waals surface area (Å²) in [7, 11) is 0. The number of carboxylic acids is 1. The molecule has 0 saturated heterocycles. The van der Waals surface area contributed by atoms with Crippen molar-refractivity contribution in [2.45, 2.75) is 6.42 Å². The van der Waals surface area contributed by atoms with E-state index in [2.05, 4.69) is 16.4 Å². The van der Waals surface area contributed by atoms with Crippen molar-refractivity contribution in [2.24, 2.45) is 0 Å². The fourth-order valence-corrected chi connectivity index (χ4v) is 1.75. The molecule has 0 saturated carbocycles. The first-order valence-electron chi connectivity index (χ1n) is 6.11. The van der Waals surface area contributed by atoms with Crippen LogP contribution < -0.4 is 5.32 Å². The molecular formula is C15H13N3O2. The molecule has 0 aliphatic rings. The van der Waals surface area contributed by atoms with Crippen LogP contribution in [0, 0.1) is 11.3 Å². The normalized spacial score (nSPS) is 9.75. The van der Waals surface area contributed by atoms with Crippen LogP contribution in [0.25, 0.3) is 0 Å². The third-order valence-corrected chi connectivity index (χ3v) is 2.81. The molecule has 2 aromatic rings. The highest BCUT2D eigenvalue weighted by molar-refractivity contribution is 5.87. The predicted octanol–water partition coefficient (Wildman–Crippen LogP) is 2.31. The van der Waals surface area contributed by atoms with Crippen molar-refractivity contribution in [3.63, 3.8) is 0 Å². The Hall–Kier alpha value is -2.87. The highest BCUT2D eigenvalue weighted by Gasteiger charge is 2.02. The van der Waals surface area contributed by atoms with Gasteiger partial charge in [0.2, 0.25) is 0 Å². The Bertz CT molecular complexity index is 645. The first kappa shape index (κ1) is 13.6. The summed E-state index contributed by atoms with van der Waals surface area (Å²) in [6.45, 7) is 0.661. The third kappa shape index (κ3) is 3.56. The van der Waals surface area contributed by atoms with E-state index in [9.17, 15) is 4.79 Å². The van der Waals surface area contributed by atoms with Gasteiger partial charge >= 0.3 is 5.97 Å². The molecule has 0 bridgehead atoms. The molecule has 0 fully saturated rings. The fraction of sp³-hybridized carbons (Fsp3) is 0.133. The van der Waals surface area contributed by atoms with E-state index in [-0.39, 0.29) is 5.56 Å². The standard InChI is InChI=1S/C15H13N3O2/c16-10-12-6-8-18-14(9-12)17-7-5-11-1-3-13(4-2-11)15(19)20/h1-4,6,8-9H,5,7H2,(H,17,18)(H,19,20). The minimum Gasteiger partial charge on any atom is -0.478 e. The zero-order valence-corrected chi connectivity index (χ0v) is 10.7. The summed E-state index contributed by atoms with van der Waals surface area (Å²) in [5, 5.41) is 20.7. The molecule has 1 aromatic carbocycles. The molecule has 0 aliphatic heterocycles. The van der Waals surface area contributed by atoms with Crippen LogP contribution in [0.2, 0.25) is 0 Å². The number of carboxylic acid groups (broad SMARTS) is 1. The summed E-state index contributed by atoms with van der Waals surface area (Å²) >= 11 is 0. The van der Waals surface area contributed by atoms with E-state index in [0.29, 0.717) is 17.9 Å². The molecule has 100 valence electrons. The number of anilines is 1. The summed E-state index contributed by atoms with van der Waals surface area (Å²) in [4.78, 5) is 14.8. The maximum atomic E-state index is 10.7. The largest absolute Gasteiger partial charge is 0.478 e. The molecule has 1 aromatic heterocycles. The Morgan fingerprint density at radius 3 is 2.70 bits per heavy atom. The van der Waals surface area contributed by atoms with Gasteiger partial charge in [-0.3, -0.25) is 0 Å². The van der Waals surface area contributed by atoms with Crippen molar-refractivity contribution >= 4 is 11.8 Å². The minimum absolute atomic E-state index is 0.282. The van der Waals surface area contributed by atoms with E-state index in [0.717, 1.165) is 12.0 Å². The molecule has 2 rings (SSSR count). The van der Waals surface area contributed by atoms with Gasteiger partial charge in [0.05, 0.1) is 17.2 Å². The summed E-state index contributed by atoms with van der Waals surface area (Å²) in [5.41, 5.74) is 1.89. The summed E-state index contributed by atoms with van der Waals surface area (Å²) in [6.07, 6.45) is 2.33. The quantitative estimate of drug-likeness (QED) is 0.868. The van der Waals surface area contributed by atoms with Crippen molar-refractivity contribution in [1.82, 2.24) is 4.98 Å². The van der Waals surface area contributed by atoms with E-state index in [1.807, 2.05) is 0 Å². The lowest BCUT2D eigenvalue weighted by molar-refractivity contribution is 0.0697. The maximum absolute atomic E-state index is 10.7. The second-order valence-electron chi connectivity index (χ2n) is 4.22. The average molecular weight is 267 g/mol. The van der Waals surface area contributed by atoms with Crippen LogP contribution in [0.3, 0.4) is 0 Å². The number of rotatable bonds is 5. The number of aromatic nitrogens is 1. The molecular weight excluding hydrogens is 254 g/mol. The van der Waals surface area contributed by atoms with E-state index in [1.165, 1.54) is 0 Å². The van der Waals surface area contributed by atoms with E-state index >= 15 is 0 Å². The molecule has 2 N–H and O–H groups in total. The maximum Gasteiger partial charge on any atom is 0.335 e. The van der Waals surface area contributed by atoms with Crippen molar-refractivity contribution in [3.05, 3.63) is 59.3 Å². The molecule has 20 heavy (non-hydrogen) atoms. The first-order chi connectivity index (χ1) is 9.69. The molecule has 5 heteroatoms. The van der Waals surface area contributed by atoms with Gasteiger partial charge in [-0.2, -0.15) is 5.26 Å². The van der Waals surface area contributed by atoms with Crippen LogP contribution in [0.1, 0.15) is 21.5 Å². The van der Waals surface area contributed by atoms with Gasteiger partial charge in [0, 0.05) is 12.7 Å². The number of benzene rings is 1. The number of hydrogen-bond donors (Lipinski definition) is 2. The highest BCUT2D eigenvalue weighted by atomic mass is 16.4. The number of nitriles is 1. The molecule has 1 heterocycles. The van der Waals surface area contributed by atoms with Gasteiger partial charge in [0.1, 0.15) is 5.82 Å². The molecule has 0 amide bonds. The number of nitrogens with zero attached hydrogens (tertiary/aromatic N) is 2. The number of hydrogen-bond acceptors (Lipinski definition) is 4. The number of carbonyl (C=O) groups is 1. The third-order valence-electron chi connectivity index (χ3n) is 2.81. The Morgan fingerprint density at radius 2 is 2.05 bits per heavy atom. The Labute approximate surface area is 116 Å². The van der Waals surface area contributed by atoms with Crippen LogP contribution in [0.4, 0.5) is 5.82 Å². The zero-order chi connectivity index (χ0) is 14.4. The van der Waals surface area contributed by atoms with E-state index in [4.69, 9.17) is 10.4 Å². The van der Waals surface area contributed by atoms with Crippen molar-refractivity contribution in [1.29, 1.82) is 5.26 Å². The Morgan fingerprint density at radius 1 is 1.30 bits per heavy atom. The van der Waals surface area contributed by atoms with Gasteiger partial charge in [0.15, 0.2) is 0 Å². The van der Waals surface area contributed by atoms with Crippen LogP contribution in [-0.2, 0) is 6.42 Å². The van der Waals surface area contributed by atoms with Crippen molar-refractivity contribution in [2.75, 3.05) is 11.9 Å². The topological polar surface area (TPSA) is 86.0 Å². The van der Waals surface area contributed by atoms with Gasteiger partial charge in [0.25, 0.3) is 0 Å². The summed E-state index contributed by atoms with van der Waals surface area (Å²) in [6, 6.07) is 12.2. The zero-order valence-electron chi connectivity index (χ0n) is 10.7. The lowest BCUT2D eigenvalue weighted by atomic mass is 10.1. The summed E-state index contributed by atoms with van der Waals surface area (Å²) in [5.74, 6) is -0.265. The number of pyridine rings is 1. The predicted molar refractivity (Wildman–Crippen MR) is 74.5 cm³/mol. The van der Waals surface area contributed by atoms with Crippen molar-refractivity contribution in [3.8, 4) is 6.07 Å². The monoisotopic (exact) mass is 267 g/mol. The Balaban J connectivity index is 1.89. The van der Waals surface area contributed by atoms with Crippen LogP contribution in [0.15, 0.2) is 42.6 Å². The number of nitrogens with one attached hydrogen (secondary N) is 1. The van der Waals surface area contributed by atoms with Gasteiger partial charge in [-0.1, -0.05) is 12.1 Å². The molecule has 5 nitrogen and oxygen atoms in total. The second kappa shape index (κ2) is 6.34. The van der Waals surface area contributed by atoms with E-state index < -0.39 is 5.97 Å². The lowest BCUT2D eigenvalue weighted by Crippen LogP contribution is -2.06. The summed E-state index contributed by atoms with van der Waals surface area (Å²) < 4.78 is 0. The molecule has 0 radical (unpaired) electrons. The lowest BCUT2D eigenvalue weighted by Gasteiger charge is -2.06. The molecule has 0 spiro atoms. The molecule has 0 aliphatic carbocycles. The first-order valence-corrected chi connectivity index (χ1v) is 6.11. The average Bonchev–Trinajstić information content (AvgIpc) is 2.48. The SMILES string of the molecule is N#Cc1ccnc(NCCc2ccc(C(=O)O)cc2)c1. The molecule has 0 atom stereocenters. The second-order valence-corrected chi connectivity index (χ2v) is 4.22. The number of aromatic carboxylic acids is 1. The Kier molecular flexibility index (Phi) is 4.30. The minimum atomic E-state index is -0.924. The smallest absolute Gasteiger partial charge is 0.335 e. The van der Waals surface area contributed by atoms with Gasteiger partial charge in [-0.25, -0.2) is 9.78 Å². The van der Waals surface area contributed by atoms with Gasteiger partial charge < -0.3 is 10.4 Å². The van der Waals surface area contributed by atoms with Gasteiger partial charge in [-0.05, 0) is 36.2 Å². The van der Waals surface area contributed by atoms with Crippen LogP contribution in [0.5, 0.6) is 0 Å².